The maximum atomic E-state index is 9.27. The lowest BCUT2D eigenvalue weighted by Crippen LogP contribution is -1.95. The molecule has 0 atom stereocenters. The number of aliphatic hydroxyl groups excluding tert-OH is 1. The van der Waals surface area contributed by atoms with Crippen LogP contribution in [0.15, 0.2) is 48.5 Å². The molecule has 0 fully saturated rings. The van der Waals surface area contributed by atoms with Crippen LogP contribution in [0.4, 0.5) is 0 Å². The smallest absolute Gasteiger partial charge is 0.123 e. The van der Waals surface area contributed by atoms with Crippen molar-refractivity contribution in [2.45, 2.75) is 13.2 Å². The molecule has 2 rings (SSSR count). The summed E-state index contributed by atoms with van der Waals surface area (Å²) in [5.74, 6) is 0.828. The zero-order valence-electron chi connectivity index (χ0n) is 9.34. The summed E-state index contributed by atoms with van der Waals surface area (Å²) >= 11 is 0. The van der Waals surface area contributed by atoms with Gasteiger partial charge in [0.25, 0.3) is 0 Å². The molecule has 0 aliphatic carbocycles. The van der Waals surface area contributed by atoms with Crippen molar-refractivity contribution in [3.63, 3.8) is 0 Å². The van der Waals surface area contributed by atoms with Crippen LogP contribution in [0.2, 0.25) is 0 Å². The van der Waals surface area contributed by atoms with E-state index in [9.17, 15) is 5.11 Å². The van der Waals surface area contributed by atoms with E-state index in [-0.39, 0.29) is 12.4 Å². The number of aromatic hydroxyl groups is 1. The molecule has 0 aliphatic rings. The lowest BCUT2D eigenvalue weighted by molar-refractivity contribution is 0.281. The molecule has 0 bridgehead atoms. The van der Waals surface area contributed by atoms with E-state index in [4.69, 9.17) is 9.84 Å². The number of benzene rings is 2. The fourth-order valence-electron chi connectivity index (χ4n) is 1.48. The van der Waals surface area contributed by atoms with Crippen molar-refractivity contribution in [3.05, 3.63) is 59.7 Å². The normalized spacial score (nSPS) is 10.2. The van der Waals surface area contributed by atoms with Gasteiger partial charge >= 0.3 is 0 Å². The Morgan fingerprint density at radius 2 is 1.65 bits per heavy atom. The Balaban J connectivity index is 1.97. The maximum Gasteiger partial charge on any atom is 0.123 e. The van der Waals surface area contributed by atoms with E-state index in [0.717, 1.165) is 11.1 Å². The minimum absolute atomic E-state index is 0.0493. The van der Waals surface area contributed by atoms with Gasteiger partial charge in [0, 0.05) is 6.07 Å². The third kappa shape index (κ3) is 3.23. The Kier molecular flexibility index (Phi) is 3.62. The number of phenols is 1. The van der Waals surface area contributed by atoms with E-state index in [1.54, 1.807) is 24.3 Å². The summed E-state index contributed by atoms with van der Waals surface area (Å²) in [6.07, 6.45) is 0. The first kappa shape index (κ1) is 11.5. The van der Waals surface area contributed by atoms with Gasteiger partial charge in [-0.3, -0.25) is 0 Å². The average molecular weight is 230 g/mol. The monoisotopic (exact) mass is 230 g/mol. The number of aliphatic hydroxyl groups is 1. The highest BCUT2D eigenvalue weighted by Crippen LogP contribution is 2.18. The Bertz CT molecular complexity index is 477. The van der Waals surface area contributed by atoms with Crippen LogP contribution in [-0.2, 0) is 13.2 Å². The number of hydrogen-bond donors (Lipinski definition) is 2. The summed E-state index contributed by atoms with van der Waals surface area (Å²) in [5, 5.41) is 18.2. The second-order valence-electron chi connectivity index (χ2n) is 3.76. The molecule has 0 radical (unpaired) electrons. The van der Waals surface area contributed by atoms with Gasteiger partial charge in [-0.05, 0) is 23.3 Å². The highest BCUT2D eigenvalue weighted by atomic mass is 16.5. The van der Waals surface area contributed by atoms with Crippen LogP contribution in [0.3, 0.4) is 0 Å². The Hall–Kier alpha value is -2.00. The average Bonchev–Trinajstić information content (AvgIpc) is 2.37. The van der Waals surface area contributed by atoms with Crippen LogP contribution in [0.1, 0.15) is 11.1 Å². The fourth-order valence-corrected chi connectivity index (χ4v) is 1.48. The van der Waals surface area contributed by atoms with E-state index in [1.807, 2.05) is 24.3 Å². The molecule has 88 valence electrons. The fraction of sp³-hybridized carbons (Fsp3) is 0.143. The Morgan fingerprint density at radius 3 is 2.29 bits per heavy atom. The number of phenolic OH excluding ortho intramolecular Hbond substituents is 1. The molecule has 0 saturated carbocycles. The highest BCUT2D eigenvalue weighted by molar-refractivity contribution is 5.32. The lowest BCUT2D eigenvalue weighted by Gasteiger charge is -2.07. The highest BCUT2D eigenvalue weighted by Gasteiger charge is 1.97. The van der Waals surface area contributed by atoms with Crippen LogP contribution in [0, 0.1) is 0 Å². The molecule has 17 heavy (non-hydrogen) atoms. The molecule has 0 aromatic heterocycles. The molecule has 2 aromatic carbocycles. The van der Waals surface area contributed by atoms with Gasteiger partial charge in [-0.1, -0.05) is 30.3 Å². The molecule has 0 amide bonds. The van der Waals surface area contributed by atoms with Crippen LogP contribution >= 0.6 is 0 Å². The van der Waals surface area contributed by atoms with Gasteiger partial charge in [-0.15, -0.1) is 0 Å². The minimum atomic E-state index is 0.0493. The van der Waals surface area contributed by atoms with E-state index >= 15 is 0 Å². The van der Waals surface area contributed by atoms with Crippen molar-refractivity contribution >= 4 is 0 Å². The molecule has 3 nitrogen and oxygen atoms in total. The summed E-state index contributed by atoms with van der Waals surface area (Å²) in [6.45, 7) is 0.489. The summed E-state index contributed by atoms with van der Waals surface area (Å²) in [5.41, 5.74) is 1.90. The van der Waals surface area contributed by atoms with Crippen LogP contribution in [-0.4, -0.2) is 10.2 Å². The lowest BCUT2D eigenvalue weighted by atomic mass is 10.1. The molecule has 0 saturated heterocycles. The molecule has 0 aliphatic heterocycles. The number of rotatable bonds is 4. The third-order valence-corrected chi connectivity index (χ3v) is 2.43. The van der Waals surface area contributed by atoms with Crippen molar-refractivity contribution in [2.24, 2.45) is 0 Å². The van der Waals surface area contributed by atoms with Crippen LogP contribution < -0.4 is 4.74 Å². The number of ether oxygens (including phenoxy) is 1. The summed E-state index contributed by atoms with van der Waals surface area (Å²) in [7, 11) is 0. The van der Waals surface area contributed by atoms with Crippen molar-refractivity contribution in [1.82, 2.24) is 0 Å². The van der Waals surface area contributed by atoms with Gasteiger partial charge < -0.3 is 14.9 Å². The molecular weight excluding hydrogens is 216 g/mol. The molecule has 2 N–H and O–H groups in total. The second kappa shape index (κ2) is 5.37. The number of hydrogen-bond acceptors (Lipinski definition) is 3. The van der Waals surface area contributed by atoms with Gasteiger partial charge in [0.05, 0.1) is 6.61 Å². The zero-order valence-corrected chi connectivity index (χ0v) is 9.34. The second-order valence-corrected chi connectivity index (χ2v) is 3.76. The van der Waals surface area contributed by atoms with Crippen molar-refractivity contribution in [1.29, 1.82) is 0 Å². The Labute approximate surface area is 99.9 Å². The predicted molar refractivity (Wildman–Crippen MR) is 64.8 cm³/mol. The standard InChI is InChI=1S/C14H14O3/c15-9-11-4-6-12(7-5-11)10-17-14-3-1-2-13(16)8-14/h1-8,15-16H,9-10H2. The molecule has 0 unspecified atom stereocenters. The van der Waals surface area contributed by atoms with Gasteiger partial charge in [0.15, 0.2) is 0 Å². The summed E-state index contributed by atoms with van der Waals surface area (Å²) in [6, 6.07) is 14.2. The molecule has 3 heteroatoms. The first-order valence-corrected chi connectivity index (χ1v) is 5.38. The molecule has 2 aromatic rings. The topological polar surface area (TPSA) is 49.7 Å². The first-order chi connectivity index (χ1) is 8.28. The van der Waals surface area contributed by atoms with E-state index in [0.29, 0.717) is 12.4 Å². The molecule has 0 spiro atoms. The first-order valence-electron chi connectivity index (χ1n) is 5.38. The van der Waals surface area contributed by atoms with Gasteiger partial charge in [-0.2, -0.15) is 0 Å². The van der Waals surface area contributed by atoms with Crippen molar-refractivity contribution in [2.75, 3.05) is 0 Å². The molecule has 0 heterocycles. The zero-order chi connectivity index (χ0) is 12.1. The van der Waals surface area contributed by atoms with Crippen LogP contribution in [0.25, 0.3) is 0 Å². The summed E-state index contributed by atoms with van der Waals surface area (Å²) in [4.78, 5) is 0. The SMILES string of the molecule is OCc1ccc(COc2cccc(O)c2)cc1. The minimum Gasteiger partial charge on any atom is -0.508 e. The summed E-state index contributed by atoms with van der Waals surface area (Å²) < 4.78 is 5.52. The third-order valence-electron chi connectivity index (χ3n) is 2.43. The maximum absolute atomic E-state index is 9.27. The van der Waals surface area contributed by atoms with Crippen LogP contribution in [0.5, 0.6) is 11.5 Å². The molecular formula is C14H14O3. The quantitative estimate of drug-likeness (QED) is 0.848. The van der Waals surface area contributed by atoms with Crippen molar-refractivity contribution < 1.29 is 14.9 Å². The van der Waals surface area contributed by atoms with Crippen molar-refractivity contribution in [3.8, 4) is 11.5 Å². The largest absolute Gasteiger partial charge is 0.508 e. The van der Waals surface area contributed by atoms with E-state index < -0.39 is 0 Å². The van der Waals surface area contributed by atoms with Gasteiger partial charge in [-0.25, -0.2) is 0 Å². The van der Waals surface area contributed by atoms with E-state index in [1.165, 1.54) is 0 Å². The Morgan fingerprint density at radius 1 is 0.941 bits per heavy atom. The predicted octanol–water partition coefficient (Wildman–Crippen LogP) is 2.46. The van der Waals surface area contributed by atoms with E-state index in [2.05, 4.69) is 0 Å². The van der Waals surface area contributed by atoms with Gasteiger partial charge in [0.2, 0.25) is 0 Å². The van der Waals surface area contributed by atoms with Gasteiger partial charge in [0.1, 0.15) is 18.1 Å².